The number of hydrogen-bond donors (Lipinski definition) is 1. The summed E-state index contributed by atoms with van der Waals surface area (Å²) in [6, 6.07) is 14.8. The summed E-state index contributed by atoms with van der Waals surface area (Å²) >= 11 is 7.34. The number of carbonyl (C=O) groups excluding carboxylic acids is 1. The molecule has 6 nitrogen and oxygen atoms in total. The van der Waals surface area contributed by atoms with Crippen LogP contribution >= 0.6 is 22.9 Å². The van der Waals surface area contributed by atoms with E-state index in [4.69, 9.17) is 11.6 Å². The molecule has 0 unspecified atom stereocenters. The Balaban J connectivity index is 1.44. The first-order chi connectivity index (χ1) is 13.6. The van der Waals surface area contributed by atoms with E-state index in [-0.39, 0.29) is 5.91 Å². The lowest BCUT2D eigenvalue weighted by Crippen LogP contribution is -2.07. The first kappa shape index (κ1) is 18.3. The van der Waals surface area contributed by atoms with Crippen molar-refractivity contribution in [3.05, 3.63) is 71.0 Å². The second kappa shape index (κ2) is 7.92. The fourth-order valence-corrected chi connectivity index (χ4v) is 3.61. The molecule has 2 aromatic carbocycles. The number of hydrogen-bond acceptors (Lipinski definition) is 5. The Morgan fingerprint density at radius 2 is 1.89 bits per heavy atom. The molecule has 0 bridgehead atoms. The third kappa shape index (κ3) is 3.95. The van der Waals surface area contributed by atoms with E-state index in [1.165, 1.54) is 17.4 Å². The fourth-order valence-electron chi connectivity index (χ4n) is 2.62. The molecule has 0 saturated heterocycles. The molecule has 0 aliphatic heterocycles. The molecular formula is C20H16ClN5OS. The van der Waals surface area contributed by atoms with E-state index in [1.807, 2.05) is 43.3 Å². The van der Waals surface area contributed by atoms with Gasteiger partial charge in [0.1, 0.15) is 5.01 Å². The van der Waals surface area contributed by atoms with E-state index in [1.54, 1.807) is 22.7 Å². The molecule has 4 aromatic rings. The van der Waals surface area contributed by atoms with Crippen LogP contribution in [0.5, 0.6) is 0 Å². The zero-order valence-corrected chi connectivity index (χ0v) is 16.5. The van der Waals surface area contributed by atoms with Crippen molar-refractivity contribution in [1.29, 1.82) is 0 Å². The van der Waals surface area contributed by atoms with Gasteiger partial charge in [0, 0.05) is 28.8 Å². The molecule has 8 heteroatoms. The van der Waals surface area contributed by atoms with E-state index in [0.29, 0.717) is 10.7 Å². The molecule has 1 N–H and O–H groups in total. The highest BCUT2D eigenvalue weighted by atomic mass is 35.5. The minimum absolute atomic E-state index is 0.200. The van der Waals surface area contributed by atoms with Crippen LogP contribution in [0, 0.1) is 0 Å². The summed E-state index contributed by atoms with van der Waals surface area (Å²) in [5.41, 5.74) is 2.59. The van der Waals surface area contributed by atoms with Gasteiger partial charge in [-0.3, -0.25) is 4.79 Å². The average Bonchev–Trinajstić information content (AvgIpc) is 3.29. The van der Waals surface area contributed by atoms with Crippen molar-refractivity contribution in [2.24, 2.45) is 0 Å². The molecule has 0 spiro atoms. The second-order valence-corrected chi connectivity index (χ2v) is 7.42. The summed E-state index contributed by atoms with van der Waals surface area (Å²) in [7, 11) is 0. The Kier molecular flexibility index (Phi) is 5.18. The molecule has 4 rings (SSSR count). The van der Waals surface area contributed by atoms with Crippen molar-refractivity contribution >= 4 is 45.6 Å². The fraction of sp³-hybridized carbons (Fsp3) is 0.100. The van der Waals surface area contributed by atoms with Gasteiger partial charge in [0.2, 0.25) is 10.9 Å². The summed E-state index contributed by atoms with van der Waals surface area (Å²) in [6.45, 7) is 2.02. The van der Waals surface area contributed by atoms with E-state index in [2.05, 4.69) is 20.6 Å². The van der Waals surface area contributed by atoms with Crippen molar-refractivity contribution in [1.82, 2.24) is 19.8 Å². The van der Waals surface area contributed by atoms with Gasteiger partial charge in [0.15, 0.2) is 5.82 Å². The van der Waals surface area contributed by atoms with Crippen LogP contribution in [0.1, 0.15) is 18.3 Å². The van der Waals surface area contributed by atoms with E-state index in [9.17, 15) is 4.79 Å². The molecule has 0 aliphatic rings. The lowest BCUT2D eigenvalue weighted by Gasteiger charge is -2.03. The Hall–Kier alpha value is -3.03. The predicted octanol–water partition coefficient (Wildman–Crippen LogP) is 4.72. The third-order valence-electron chi connectivity index (χ3n) is 4.07. The summed E-state index contributed by atoms with van der Waals surface area (Å²) < 4.78 is 1.78. The van der Waals surface area contributed by atoms with Gasteiger partial charge in [-0.25, -0.2) is 0 Å². The highest BCUT2D eigenvalue weighted by molar-refractivity contribution is 7.19. The number of benzene rings is 2. The minimum Gasteiger partial charge on any atom is -0.323 e. The number of aryl methyl sites for hydroxylation is 1. The molecule has 0 aliphatic carbocycles. The SMILES string of the molecule is CCc1nnc2sc(-c3ccc(NC(=O)C=Cc4ccc(Cl)cc4)cc3)nn12. The zero-order valence-electron chi connectivity index (χ0n) is 15.0. The molecule has 0 atom stereocenters. The highest BCUT2D eigenvalue weighted by Gasteiger charge is 2.11. The molecule has 2 heterocycles. The number of anilines is 1. The van der Waals surface area contributed by atoms with Gasteiger partial charge in [-0.1, -0.05) is 42.0 Å². The average molecular weight is 410 g/mol. The van der Waals surface area contributed by atoms with Crippen LogP contribution in [0.4, 0.5) is 5.69 Å². The van der Waals surface area contributed by atoms with Gasteiger partial charge < -0.3 is 5.32 Å². The van der Waals surface area contributed by atoms with Crippen molar-refractivity contribution in [3.8, 4) is 10.6 Å². The molecule has 140 valence electrons. The molecule has 0 fully saturated rings. The molecule has 28 heavy (non-hydrogen) atoms. The number of aromatic nitrogens is 4. The largest absolute Gasteiger partial charge is 0.323 e. The number of fused-ring (bicyclic) bond motifs is 1. The van der Waals surface area contributed by atoms with Gasteiger partial charge in [0.05, 0.1) is 0 Å². The summed E-state index contributed by atoms with van der Waals surface area (Å²) in [5.74, 6) is 0.642. The molecule has 0 saturated carbocycles. The smallest absolute Gasteiger partial charge is 0.248 e. The number of nitrogens with zero attached hydrogens (tertiary/aromatic N) is 4. The first-order valence-corrected chi connectivity index (χ1v) is 9.88. The summed E-state index contributed by atoms with van der Waals surface area (Å²) in [5, 5.41) is 17.2. The van der Waals surface area contributed by atoms with E-state index >= 15 is 0 Å². The molecule has 2 aromatic heterocycles. The van der Waals surface area contributed by atoms with Crippen LogP contribution in [0.25, 0.3) is 21.6 Å². The normalized spacial score (nSPS) is 11.4. The van der Waals surface area contributed by atoms with Gasteiger partial charge in [-0.05, 0) is 48.0 Å². The number of halogens is 1. The van der Waals surface area contributed by atoms with Gasteiger partial charge in [0.25, 0.3) is 0 Å². The van der Waals surface area contributed by atoms with Crippen LogP contribution in [0.3, 0.4) is 0 Å². The summed E-state index contributed by atoms with van der Waals surface area (Å²) in [4.78, 5) is 12.9. The monoisotopic (exact) mass is 409 g/mol. The Labute approximate surface area is 170 Å². The van der Waals surface area contributed by atoms with Crippen LogP contribution in [-0.4, -0.2) is 25.7 Å². The standard InChI is InChI=1S/C20H16ClN5OS/c1-2-17-23-24-20-26(17)25-19(28-20)14-6-10-16(11-7-14)22-18(27)12-5-13-3-8-15(21)9-4-13/h3-12H,2H2,1H3,(H,22,27). The lowest BCUT2D eigenvalue weighted by atomic mass is 10.2. The Morgan fingerprint density at radius 3 is 2.61 bits per heavy atom. The maximum Gasteiger partial charge on any atom is 0.248 e. The molecule has 1 amide bonds. The van der Waals surface area contributed by atoms with Gasteiger partial charge in [-0.2, -0.15) is 9.61 Å². The van der Waals surface area contributed by atoms with Crippen molar-refractivity contribution in [3.63, 3.8) is 0 Å². The third-order valence-corrected chi connectivity index (χ3v) is 5.27. The second-order valence-electron chi connectivity index (χ2n) is 6.02. The minimum atomic E-state index is -0.200. The van der Waals surface area contributed by atoms with Crippen LogP contribution in [-0.2, 0) is 11.2 Å². The number of nitrogens with one attached hydrogen (secondary N) is 1. The Morgan fingerprint density at radius 1 is 1.14 bits per heavy atom. The van der Waals surface area contributed by atoms with E-state index < -0.39 is 0 Å². The summed E-state index contributed by atoms with van der Waals surface area (Å²) in [6.07, 6.45) is 4.01. The Bertz CT molecular complexity index is 1150. The number of rotatable bonds is 5. The molecule has 0 radical (unpaired) electrons. The van der Waals surface area contributed by atoms with Crippen molar-refractivity contribution in [2.75, 3.05) is 5.32 Å². The van der Waals surface area contributed by atoms with E-state index in [0.717, 1.165) is 33.3 Å². The number of amides is 1. The quantitative estimate of drug-likeness (QED) is 0.484. The van der Waals surface area contributed by atoms with Crippen LogP contribution < -0.4 is 5.32 Å². The predicted molar refractivity (Wildman–Crippen MR) is 113 cm³/mol. The maximum absolute atomic E-state index is 12.1. The van der Waals surface area contributed by atoms with Crippen LogP contribution in [0.15, 0.2) is 54.6 Å². The van der Waals surface area contributed by atoms with Crippen molar-refractivity contribution < 1.29 is 4.79 Å². The number of carbonyl (C=O) groups is 1. The van der Waals surface area contributed by atoms with Crippen molar-refractivity contribution in [2.45, 2.75) is 13.3 Å². The topological polar surface area (TPSA) is 72.2 Å². The lowest BCUT2D eigenvalue weighted by molar-refractivity contribution is -0.111. The van der Waals surface area contributed by atoms with Gasteiger partial charge >= 0.3 is 0 Å². The van der Waals surface area contributed by atoms with Gasteiger partial charge in [-0.15, -0.1) is 10.2 Å². The maximum atomic E-state index is 12.1. The first-order valence-electron chi connectivity index (χ1n) is 8.68. The highest BCUT2D eigenvalue weighted by Crippen LogP contribution is 2.26. The van der Waals surface area contributed by atoms with Crippen LogP contribution in [0.2, 0.25) is 5.02 Å². The molecular weight excluding hydrogens is 394 g/mol. The zero-order chi connectivity index (χ0) is 19.5.